The van der Waals surface area contributed by atoms with E-state index in [0.717, 1.165) is 53.9 Å². The molecule has 0 bridgehead atoms. The molecular weight excluding hydrogens is 396 g/mol. The quantitative estimate of drug-likeness (QED) is 0.795. The zero-order valence-electron chi connectivity index (χ0n) is 12.6. The van der Waals surface area contributed by atoms with Gasteiger partial charge in [0.05, 0.1) is 4.47 Å². The van der Waals surface area contributed by atoms with Crippen LogP contribution in [0.1, 0.15) is 26.2 Å². The molecule has 2 N–H and O–H groups in total. The Hall–Kier alpha value is -0.170. The van der Waals surface area contributed by atoms with Gasteiger partial charge in [-0.2, -0.15) is 0 Å². The molecule has 1 saturated heterocycles. The Morgan fingerprint density at radius 1 is 1.29 bits per heavy atom. The lowest BCUT2D eigenvalue weighted by Crippen LogP contribution is -2.39. The Balaban J connectivity index is 2.03. The molecule has 1 aromatic rings. The van der Waals surface area contributed by atoms with Crippen molar-refractivity contribution in [1.29, 1.82) is 0 Å². The van der Waals surface area contributed by atoms with E-state index in [1.165, 1.54) is 12.8 Å². The van der Waals surface area contributed by atoms with Gasteiger partial charge in [-0.15, -0.1) is 0 Å². The lowest BCUT2D eigenvalue weighted by molar-refractivity contribution is 0.196. The molecule has 0 aliphatic carbocycles. The largest absolute Gasteiger partial charge is 0.354 e. The Morgan fingerprint density at radius 3 is 2.76 bits per heavy atom. The summed E-state index contributed by atoms with van der Waals surface area (Å²) in [7, 11) is 0. The van der Waals surface area contributed by atoms with Crippen molar-refractivity contribution in [2.75, 3.05) is 37.6 Å². The number of hydrogen-bond donors (Lipinski definition) is 1. The first-order valence-electron chi connectivity index (χ1n) is 7.65. The molecule has 4 nitrogen and oxygen atoms in total. The topological polar surface area (TPSA) is 45.4 Å². The van der Waals surface area contributed by atoms with Crippen LogP contribution in [-0.4, -0.2) is 48.6 Å². The smallest absolute Gasteiger partial charge is 0.142 e. The number of nitrogens with two attached hydrogens (primary N) is 1. The molecule has 0 spiro atoms. The van der Waals surface area contributed by atoms with Crippen molar-refractivity contribution in [1.82, 2.24) is 9.88 Å². The summed E-state index contributed by atoms with van der Waals surface area (Å²) < 4.78 is 2.06. The Bertz CT molecular complexity index is 455. The van der Waals surface area contributed by atoms with Crippen LogP contribution in [-0.2, 0) is 0 Å². The van der Waals surface area contributed by atoms with Gasteiger partial charge in [0.15, 0.2) is 0 Å². The van der Waals surface area contributed by atoms with E-state index in [1.54, 1.807) is 0 Å². The van der Waals surface area contributed by atoms with E-state index in [4.69, 9.17) is 5.73 Å². The van der Waals surface area contributed by atoms with Crippen molar-refractivity contribution in [2.24, 2.45) is 5.73 Å². The summed E-state index contributed by atoms with van der Waals surface area (Å²) in [5, 5.41) is 0. The van der Waals surface area contributed by atoms with Crippen molar-refractivity contribution >= 4 is 37.7 Å². The van der Waals surface area contributed by atoms with E-state index < -0.39 is 0 Å². The highest BCUT2D eigenvalue weighted by atomic mass is 79.9. The zero-order valence-corrected chi connectivity index (χ0v) is 15.7. The van der Waals surface area contributed by atoms with Crippen LogP contribution in [0.4, 0.5) is 5.82 Å². The summed E-state index contributed by atoms with van der Waals surface area (Å²) >= 11 is 7.09. The van der Waals surface area contributed by atoms with Gasteiger partial charge in [0, 0.05) is 42.9 Å². The highest BCUT2D eigenvalue weighted by Crippen LogP contribution is 2.27. The molecule has 0 saturated carbocycles. The summed E-state index contributed by atoms with van der Waals surface area (Å²) in [5.41, 5.74) is 5.75. The predicted molar refractivity (Wildman–Crippen MR) is 95.8 cm³/mol. The number of halogens is 2. The van der Waals surface area contributed by atoms with E-state index >= 15 is 0 Å². The number of nitrogens with zero attached hydrogens (tertiary/aromatic N) is 3. The molecule has 1 unspecified atom stereocenters. The third-order valence-corrected chi connectivity index (χ3v) is 5.12. The van der Waals surface area contributed by atoms with E-state index in [2.05, 4.69) is 59.6 Å². The van der Waals surface area contributed by atoms with Crippen LogP contribution in [0.2, 0.25) is 0 Å². The summed E-state index contributed by atoms with van der Waals surface area (Å²) in [6.45, 7) is 7.36. The minimum absolute atomic E-state index is 0.622. The second-order valence-corrected chi connectivity index (χ2v) is 7.24. The predicted octanol–water partition coefficient (Wildman–Crippen LogP) is 3.25. The maximum absolute atomic E-state index is 5.75. The second kappa shape index (κ2) is 8.46. The van der Waals surface area contributed by atoms with E-state index in [-0.39, 0.29) is 0 Å². The van der Waals surface area contributed by atoms with Gasteiger partial charge < -0.3 is 10.6 Å². The van der Waals surface area contributed by atoms with E-state index in [1.807, 2.05) is 6.20 Å². The molecule has 2 rings (SSSR count). The number of rotatable bonds is 5. The lowest BCUT2D eigenvalue weighted by Gasteiger charge is -2.29. The number of aromatic nitrogens is 1. The SMILES string of the molecule is CCC(CCN)N1CCCN(c2ncc(Br)cc2Br)CC1. The van der Waals surface area contributed by atoms with Crippen LogP contribution in [0.15, 0.2) is 21.2 Å². The molecule has 2 heterocycles. The number of anilines is 1. The Morgan fingerprint density at radius 2 is 2.10 bits per heavy atom. The fourth-order valence-electron chi connectivity index (χ4n) is 2.99. The first-order valence-corrected chi connectivity index (χ1v) is 9.24. The van der Waals surface area contributed by atoms with Crippen molar-refractivity contribution in [3.05, 3.63) is 21.2 Å². The summed E-state index contributed by atoms with van der Waals surface area (Å²) in [5.74, 6) is 1.05. The summed E-state index contributed by atoms with van der Waals surface area (Å²) in [6, 6.07) is 2.69. The molecule has 1 aliphatic rings. The molecule has 118 valence electrons. The van der Waals surface area contributed by atoms with Crippen molar-refractivity contribution < 1.29 is 0 Å². The fourth-order valence-corrected chi connectivity index (χ4v) is 4.23. The van der Waals surface area contributed by atoms with Gasteiger partial charge in [-0.1, -0.05) is 6.92 Å². The maximum atomic E-state index is 5.75. The average Bonchev–Trinajstić information content (AvgIpc) is 2.70. The molecule has 1 aromatic heterocycles. The van der Waals surface area contributed by atoms with Crippen LogP contribution in [0.5, 0.6) is 0 Å². The van der Waals surface area contributed by atoms with Crippen molar-refractivity contribution in [2.45, 2.75) is 32.2 Å². The Kier molecular flexibility index (Phi) is 6.92. The molecular formula is C15H24Br2N4. The van der Waals surface area contributed by atoms with E-state index in [9.17, 15) is 0 Å². The van der Waals surface area contributed by atoms with Crippen molar-refractivity contribution in [3.8, 4) is 0 Å². The highest BCUT2D eigenvalue weighted by Gasteiger charge is 2.22. The van der Waals surface area contributed by atoms with E-state index in [0.29, 0.717) is 6.04 Å². The maximum Gasteiger partial charge on any atom is 0.142 e. The molecule has 6 heteroatoms. The zero-order chi connectivity index (χ0) is 15.2. The third kappa shape index (κ3) is 4.65. The van der Waals surface area contributed by atoms with Gasteiger partial charge in [-0.05, 0) is 63.7 Å². The van der Waals surface area contributed by atoms with Crippen molar-refractivity contribution in [3.63, 3.8) is 0 Å². The van der Waals surface area contributed by atoms with Gasteiger partial charge in [0.25, 0.3) is 0 Å². The highest BCUT2D eigenvalue weighted by molar-refractivity contribution is 9.11. The lowest BCUT2D eigenvalue weighted by atomic mass is 10.1. The molecule has 1 aliphatic heterocycles. The molecule has 21 heavy (non-hydrogen) atoms. The van der Waals surface area contributed by atoms with Gasteiger partial charge >= 0.3 is 0 Å². The van der Waals surface area contributed by atoms with Gasteiger partial charge in [0.2, 0.25) is 0 Å². The fraction of sp³-hybridized carbons (Fsp3) is 0.667. The normalized spacial score (nSPS) is 18.6. The first kappa shape index (κ1) is 17.2. The van der Waals surface area contributed by atoms with Crippen LogP contribution >= 0.6 is 31.9 Å². The van der Waals surface area contributed by atoms with Gasteiger partial charge in [-0.25, -0.2) is 4.98 Å². The standard InChI is InChI=1S/C15H24Br2N4/c1-2-13(4-5-18)20-6-3-7-21(9-8-20)15-14(17)10-12(16)11-19-15/h10-11,13H,2-9,18H2,1H3. The van der Waals surface area contributed by atoms with Crippen LogP contribution in [0, 0.1) is 0 Å². The molecule has 1 fully saturated rings. The van der Waals surface area contributed by atoms with Gasteiger partial charge in [0.1, 0.15) is 5.82 Å². The second-order valence-electron chi connectivity index (χ2n) is 5.47. The van der Waals surface area contributed by atoms with Crippen LogP contribution in [0.25, 0.3) is 0 Å². The summed E-state index contributed by atoms with van der Waals surface area (Å²) in [4.78, 5) is 9.54. The molecule has 0 aromatic carbocycles. The first-order chi connectivity index (χ1) is 10.2. The molecule has 0 radical (unpaired) electrons. The van der Waals surface area contributed by atoms with Crippen LogP contribution < -0.4 is 10.6 Å². The monoisotopic (exact) mass is 418 g/mol. The summed E-state index contributed by atoms with van der Waals surface area (Å²) in [6.07, 6.45) is 5.31. The minimum Gasteiger partial charge on any atom is -0.354 e. The third-order valence-electron chi connectivity index (χ3n) is 4.11. The minimum atomic E-state index is 0.622. The molecule has 0 amide bonds. The average molecular weight is 420 g/mol. The Labute approximate surface area is 144 Å². The van der Waals surface area contributed by atoms with Crippen LogP contribution in [0.3, 0.4) is 0 Å². The van der Waals surface area contributed by atoms with Gasteiger partial charge in [-0.3, -0.25) is 4.90 Å². The number of hydrogen-bond acceptors (Lipinski definition) is 4. The molecule has 1 atom stereocenters. The number of pyridine rings is 1.